The molecule has 0 aromatic heterocycles. The van der Waals surface area contributed by atoms with Gasteiger partial charge in [0.1, 0.15) is 42.7 Å². The number of hydrogen-bond donors (Lipinski definition) is 8. The third kappa shape index (κ3) is 3.25. The van der Waals surface area contributed by atoms with Crippen molar-refractivity contribution in [2.45, 2.75) is 61.6 Å². The summed E-state index contributed by atoms with van der Waals surface area (Å²) in [5.41, 5.74) is 0. The SMILES string of the molecule is OCC1O[C@@H](O)C(O)C(O)[C@@H]1O[C@@H]1OC(O)[C@@H](O)C(O)C1O. The number of hydrogen-bond acceptors (Lipinski definition) is 11. The molecule has 0 spiro atoms. The Balaban J connectivity index is 2.10. The van der Waals surface area contributed by atoms with Crippen LogP contribution in [0.4, 0.5) is 0 Å². The van der Waals surface area contributed by atoms with E-state index in [2.05, 4.69) is 0 Å². The standard InChI is InChI=1S/C11H20O11/c12-1-2-8(4(14)6(16)9(18)20-2)21-11-7(17)3(13)5(15)10(19)22-11/h2-19H,1H2/t2?,3?,4?,5-,6?,7?,8+,9+,10?,11+/m0/s1. The van der Waals surface area contributed by atoms with E-state index < -0.39 is 68.2 Å². The van der Waals surface area contributed by atoms with Crippen molar-refractivity contribution in [3.05, 3.63) is 0 Å². The van der Waals surface area contributed by atoms with E-state index in [1.54, 1.807) is 0 Å². The van der Waals surface area contributed by atoms with Crippen molar-refractivity contribution in [2.75, 3.05) is 6.61 Å². The van der Waals surface area contributed by atoms with Crippen molar-refractivity contribution in [2.24, 2.45) is 0 Å². The highest BCUT2D eigenvalue weighted by Gasteiger charge is 2.49. The van der Waals surface area contributed by atoms with Gasteiger partial charge in [0.2, 0.25) is 0 Å². The maximum absolute atomic E-state index is 9.87. The van der Waals surface area contributed by atoms with Crippen LogP contribution < -0.4 is 0 Å². The Bertz CT molecular complexity index is 366. The van der Waals surface area contributed by atoms with E-state index in [1.807, 2.05) is 0 Å². The molecule has 0 bridgehead atoms. The van der Waals surface area contributed by atoms with E-state index in [0.29, 0.717) is 0 Å². The normalized spacial score (nSPS) is 53.5. The fourth-order valence-electron chi connectivity index (χ4n) is 2.33. The van der Waals surface area contributed by atoms with E-state index >= 15 is 0 Å². The van der Waals surface area contributed by atoms with Crippen LogP contribution in [0.5, 0.6) is 0 Å². The van der Waals surface area contributed by atoms with E-state index in [1.165, 1.54) is 0 Å². The van der Waals surface area contributed by atoms with Crippen molar-refractivity contribution in [1.29, 1.82) is 0 Å². The summed E-state index contributed by atoms with van der Waals surface area (Å²) in [4.78, 5) is 0. The Morgan fingerprint density at radius 1 is 0.682 bits per heavy atom. The predicted octanol–water partition coefficient (Wildman–Crippen LogP) is -5.44. The van der Waals surface area contributed by atoms with E-state index in [-0.39, 0.29) is 0 Å². The molecule has 2 fully saturated rings. The molecule has 2 rings (SSSR count). The van der Waals surface area contributed by atoms with Gasteiger partial charge in [-0.25, -0.2) is 0 Å². The quantitative estimate of drug-likeness (QED) is 0.247. The number of aliphatic hydroxyl groups is 8. The number of aliphatic hydroxyl groups excluding tert-OH is 8. The summed E-state index contributed by atoms with van der Waals surface area (Å²) >= 11 is 0. The Hall–Kier alpha value is -0.440. The molecular formula is C11H20O11. The Kier molecular flexibility index (Phi) is 5.68. The average molecular weight is 328 g/mol. The minimum absolute atomic E-state index is 0.692. The molecule has 2 heterocycles. The van der Waals surface area contributed by atoms with Crippen LogP contribution in [0.2, 0.25) is 0 Å². The molecule has 10 atom stereocenters. The maximum Gasteiger partial charge on any atom is 0.189 e. The van der Waals surface area contributed by atoms with Gasteiger partial charge in [0, 0.05) is 0 Å². The second-order valence-corrected chi connectivity index (χ2v) is 5.20. The first-order chi connectivity index (χ1) is 10.3. The van der Waals surface area contributed by atoms with Crippen molar-refractivity contribution in [1.82, 2.24) is 0 Å². The lowest BCUT2D eigenvalue weighted by Crippen LogP contribution is -2.64. The van der Waals surface area contributed by atoms with Crippen molar-refractivity contribution in [3.8, 4) is 0 Å². The highest BCUT2D eigenvalue weighted by Crippen LogP contribution is 2.27. The monoisotopic (exact) mass is 328 g/mol. The molecule has 0 saturated carbocycles. The molecular weight excluding hydrogens is 308 g/mol. The van der Waals surface area contributed by atoms with Crippen LogP contribution in [-0.4, -0.2) is 109 Å². The summed E-state index contributed by atoms with van der Waals surface area (Å²) in [6.07, 6.45) is -16.7. The molecule has 11 nitrogen and oxygen atoms in total. The first-order valence-electron chi connectivity index (χ1n) is 6.61. The molecule has 0 aromatic carbocycles. The molecule has 2 aliphatic rings. The van der Waals surface area contributed by atoms with E-state index in [0.717, 1.165) is 0 Å². The van der Waals surface area contributed by atoms with Gasteiger partial charge in [-0.05, 0) is 0 Å². The smallest absolute Gasteiger partial charge is 0.189 e. The number of ether oxygens (including phenoxy) is 3. The summed E-state index contributed by atoms with van der Waals surface area (Å²) in [6, 6.07) is 0. The van der Waals surface area contributed by atoms with Crippen LogP contribution in [0, 0.1) is 0 Å². The maximum atomic E-state index is 9.87. The number of rotatable bonds is 3. The van der Waals surface area contributed by atoms with Gasteiger partial charge >= 0.3 is 0 Å². The fraction of sp³-hybridized carbons (Fsp3) is 1.00. The molecule has 0 aromatic rings. The zero-order valence-corrected chi connectivity index (χ0v) is 11.3. The zero-order valence-electron chi connectivity index (χ0n) is 11.3. The van der Waals surface area contributed by atoms with Gasteiger partial charge in [0.25, 0.3) is 0 Å². The van der Waals surface area contributed by atoms with Crippen LogP contribution in [0.3, 0.4) is 0 Å². The Labute approximate surface area is 124 Å². The van der Waals surface area contributed by atoms with Gasteiger partial charge in [-0.3, -0.25) is 0 Å². The van der Waals surface area contributed by atoms with Crippen LogP contribution in [0.15, 0.2) is 0 Å². The summed E-state index contributed by atoms with van der Waals surface area (Å²) in [6.45, 7) is -0.692. The predicted molar refractivity (Wildman–Crippen MR) is 63.8 cm³/mol. The van der Waals surface area contributed by atoms with Crippen LogP contribution in [0.1, 0.15) is 0 Å². The highest BCUT2D eigenvalue weighted by atomic mass is 16.8. The lowest BCUT2D eigenvalue weighted by atomic mass is 9.98. The summed E-state index contributed by atoms with van der Waals surface area (Å²) < 4.78 is 14.8. The van der Waals surface area contributed by atoms with Crippen molar-refractivity contribution >= 4 is 0 Å². The minimum atomic E-state index is -1.85. The lowest BCUT2D eigenvalue weighted by Gasteiger charge is -2.44. The Morgan fingerprint density at radius 3 is 1.82 bits per heavy atom. The van der Waals surface area contributed by atoms with Gasteiger partial charge < -0.3 is 55.1 Å². The molecule has 11 heteroatoms. The van der Waals surface area contributed by atoms with Gasteiger partial charge in [0.05, 0.1) is 6.61 Å². The van der Waals surface area contributed by atoms with Crippen LogP contribution in [-0.2, 0) is 14.2 Å². The first kappa shape index (κ1) is 17.9. The third-order valence-electron chi connectivity index (χ3n) is 3.67. The van der Waals surface area contributed by atoms with Crippen LogP contribution in [0.25, 0.3) is 0 Å². The second-order valence-electron chi connectivity index (χ2n) is 5.20. The van der Waals surface area contributed by atoms with Gasteiger partial charge in [-0.2, -0.15) is 0 Å². The molecule has 0 amide bonds. The molecule has 0 aliphatic carbocycles. The van der Waals surface area contributed by atoms with Gasteiger partial charge in [0.15, 0.2) is 18.9 Å². The zero-order chi connectivity index (χ0) is 16.6. The lowest BCUT2D eigenvalue weighted by molar-refractivity contribution is -0.375. The van der Waals surface area contributed by atoms with E-state index in [9.17, 15) is 40.9 Å². The summed E-state index contributed by atoms with van der Waals surface area (Å²) in [5, 5.41) is 76.0. The van der Waals surface area contributed by atoms with Gasteiger partial charge in [-0.15, -0.1) is 0 Å². The minimum Gasteiger partial charge on any atom is -0.394 e. The van der Waals surface area contributed by atoms with E-state index in [4.69, 9.17) is 14.2 Å². The molecule has 22 heavy (non-hydrogen) atoms. The summed E-state index contributed by atoms with van der Waals surface area (Å²) in [5.74, 6) is 0. The molecule has 130 valence electrons. The fourth-order valence-corrected chi connectivity index (χ4v) is 2.33. The van der Waals surface area contributed by atoms with Crippen molar-refractivity contribution < 1.29 is 55.1 Å². The molecule has 2 aliphatic heterocycles. The molecule has 8 N–H and O–H groups in total. The molecule has 0 radical (unpaired) electrons. The third-order valence-corrected chi connectivity index (χ3v) is 3.67. The largest absolute Gasteiger partial charge is 0.394 e. The second kappa shape index (κ2) is 6.98. The molecule has 6 unspecified atom stereocenters. The topological polar surface area (TPSA) is 190 Å². The van der Waals surface area contributed by atoms with Crippen LogP contribution >= 0.6 is 0 Å². The van der Waals surface area contributed by atoms with Crippen molar-refractivity contribution in [3.63, 3.8) is 0 Å². The summed E-state index contributed by atoms with van der Waals surface area (Å²) in [7, 11) is 0. The Morgan fingerprint density at radius 2 is 1.23 bits per heavy atom. The average Bonchev–Trinajstić information content (AvgIpc) is 2.50. The highest BCUT2D eigenvalue weighted by molar-refractivity contribution is 4.92. The first-order valence-corrected chi connectivity index (χ1v) is 6.61. The molecule has 2 saturated heterocycles. The van der Waals surface area contributed by atoms with Gasteiger partial charge in [-0.1, -0.05) is 0 Å².